The minimum Gasteiger partial charge on any atom is -0.343 e. The Balaban J connectivity index is 1.87. The summed E-state index contributed by atoms with van der Waals surface area (Å²) in [5, 5.41) is 9.00. The first-order valence-corrected chi connectivity index (χ1v) is 8.67. The van der Waals surface area contributed by atoms with Crippen molar-refractivity contribution >= 4 is 17.2 Å². The number of benzene rings is 1. The number of thiophene rings is 1. The van der Waals surface area contributed by atoms with Gasteiger partial charge in [0.05, 0.1) is 11.7 Å². The molecule has 2 aromatic heterocycles. The normalized spacial score (nSPS) is 11.9. The van der Waals surface area contributed by atoms with Crippen LogP contribution in [-0.4, -0.2) is 15.7 Å². The highest BCUT2D eigenvalue weighted by Crippen LogP contribution is 2.21. The van der Waals surface area contributed by atoms with Gasteiger partial charge in [0.25, 0.3) is 11.5 Å². The lowest BCUT2D eigenvalue weighted by Crippen LogP contribution is -2.31. The van der Waals surface area contributed by atoms with Gasteiger partial charge in [0, 0.05) is 10.9 Å². The minimum atomic E-state index is -0.410. The molecule has 0 radical (unpaired) electrons. The fraction of sp³-hybridized carbons (Fsp3) is 0.167. The fourth-order valence-electron chi connectivity index (χ4n) is 2.40. The van der Waals surface area contributed by atoms with Gasteiger partial charge in [0.2, 0.25) is 0 Å². The van der Waals surface area contributed by atoms with E-state index in [0.29, 0.717) is 5.69 Å². The average molecular weight is 357 g/mol. The first-order chi connectivity index (χ1) is 12.1. The van der Waals surface area contributed by atoms with Crippen molar-refractivity contribution in [2.75, 3.05) is 0 Å². The lowest BCUT2D eigenvalue weighted by Gasteiger charge is -2.15. The van der Waals surface area contributed by atoms with Crippen molar-refractivity contribution < 1.29 is 9.18 Å². The zero-order chi connectivity index (χ0) is 17.8. The van der Waals surface area contributed by atoms with Crippen LogP contribution in [0.3, 0.4) is 0 Å². The number of aromatic nitrogens is 2. The number of carbonyl (C=O) groups excluding carboxylic acids is 1. The molecule has 128 valence electrons. The van der Waals surface area contributed by atoms with E-state index >= 15 is 0 Å². The van der Waals surface area contributed by atoms with E-state index in [2.05, 4.69) is 10.4 Å². The molecule has 0 saturated carbocycles. The molecule has 5 nitrogen and oxygen atoms in total. The van der Waals surface area contributed by atoms with Gasteiger partial charge in [-0.25, -0.2) is 4.39 Å². The minimum absolute atomic E-state index is 0.111. The van der Waals surface area contributed by atoms with Crippen LogP contribution in [-0.2, 0) is 0 Å². The molecule has 3 aromatic rings. The molecule has 7 heteroatoms. The molecule has 2 heterocycles. The summed E-state index contributed by atoms with van der Waals surface area (Å²) < 4.78 is 14.1. The Morgan fingerprint density at radius 3 is 2.64 bits per heavy atom. The Morgan fingerprint density at radius 1 is 1.24 bits per heavy atom. The highest BCUT2D eigenvalue weighted by Gasteiger charge is 2.17. The summed E-state index contributed by atoms with van der Waals surface area (Å²) in [5.41, 5.74) is 0.124. The van der Waals surface area contributed by atoms with E-state index in [1.807, 2.05) is 24.4 Å². The lowest BCUT2D eigenvalue weighted by molar-refractivity contribution is 0.0929. The highest BCUT2D eigenvalue weighted by molar-refractivity contribution is 7.10. The van der Waals surface area contributed by atoms with E-state index in [1.165, 1.54) is 36.4 Å². The van der Waals surface area contributed by atoms with E-state index in [0.717, 1.165) is 16.0 Å². The summed E-state index contributed by atoms with van der Waals surface area (Å²) in [6.45, 7) is 1.98. The second-order valence-corrected chi connectivity index (χ2v) is 6.37. The van der Waals surface area contributed by atoms with Crippen LogP contribution in [0.25, 0.3) is 5.69 Å². The maximum Gasteiger partial charge on any atom is 0.272 e. The van der Waals surface area contributed by atoms with Crippen molar-refractivity contribution in [2.45, 2.75) is 19.4 Å². The van der Waals surface area contributed by atoms with Gasteiger partial charge in [-0.1, -0.05) is 13.0 Å². The molecule has 1 unspecified atom stereocenters. The third-order valence-electron chi connectivity index (χ3n) is 3.70. The Hall–Kier alpha value is -2.80. The number of nitrogens with zero attached hydrogens (tertiary/aromatic N) is 2. The van der Waals surface area contributed by atoms with Crippen molar-refractivity contribution in [3.63, 3.8) is 0 Å². The third kappa shape index (κ3) is 3.83. The summed E-state index contributed by atoms with van der Waals surface area (Å²) in [6.07, 6.45) is 0.740. The SMILES string of the molecule is CCC(NC(=O)c1ccc(=O)n(-c2ccc(F)cc2)n1)c1cccs1. The van der Waals surface area contributed by atoms with Crippen LogP contribution in [0.4, 0.5) is 4.39 Å². The Kier molecular flexibility index (Phi) is 5.04. The molecule has 1 aromatic carbocycles. The molecule has 0 aliphatic carbocycles. The summed E-state index contributed by atoms with van der Waals surface area (Å²) >= 11 is 1.57. The van der Waals surface area contributed by atoms with Crippen LogP contribution in [0.2, 0.25) is 0 Å². The van der Waals surface area contributed by atoms with Gasteiger partial charge in [-0.3, -0.25) is 9.59 Å². The van der Waals surface area contributed by atoms with Crippen LogP contribution in [0.15, 0.2) is 58.7 Å². The molecule has 0 aliphatic heterocycles. The maximum absolute atomic E-state index is 13.1. The first-order valence-electron chi connectivity index (χ1n) is 7.79. The van der Waals surface area contributed by atoms with Crippen molar-refractivity contribution in [3.8, 4) is 5.69 Å². The zero-order valence-corrected chi connectivity index (χ0v) is 14.3. The Morgan fingerprint density at radius 2 is 2.00 bits per heavy atom. The highest BCUT2D eigenvalue weighted by atomic mass is 32.1. The summed E-state index contributed by atoms with van der Waals surface area (Å²) in [6, 6.07) is 11.8. The fourth-order valence-corrected chi connectivity index (χ4v) is 3.26. The number of nitrogens with one attached hydrogen (secondary N) is 1. The predicted molar refractivity (Wildman–Crippen MR) is 94.6 cm³/mol. The predicted octanol–water partition coefficient (Wildman–Crippen LogP) is 3.31. The van der Waals surface area contributed by atoms with Crippen LogP contribution >= 0.6 is 11.3 Å². The van der Waals surface area contributed by atoms with Gasteiger partial charge in [0.15, 0.2) is 0 Å². The quantitative estimate of drug-likeness (QED) is 0.762. The maximum atomic E-state index is 13.1. The molecule has 0 fully saturated rings. The van der Waals surface area contributed by atoms with Crippen LogP contribution < -0.4 is 10.9 Å². The van der Waals surface area contributed by atoms with Crippen molar-refractivity contribution in [1.29, 1.82) is 0 Å². The Bertz CT molecular complexity index is 920. The van der Waals surface area contributed by atoms with E-state index in [4.69, 9.17) is 0 Å². The third-order valence-corrected chi connectivity index (χ3v) is 4.69. The molecule has 0 bridgehead atoms. The second-order valence-electron chi connectivity index (χ2n) is 5.39. The monoisotopic (exact) mass is 357 g/mol. The number of hydrogen-bond acceptors (Lipinski definition) is 4. The summed E-state index contributed by atoms with van der Waals surface area (Å²) in [7, 11) is 0. The standard InChI is InChI=1S/C18H16FN3O2S/c1-2-14(16-4-3-11-25-16)20-18(24)15-9-10-17(23)22(21-15)13-7-5-12(19)6-8-13/h3-11,14H,2H2,1H3,(H,20,24). The van der Waals surface area contributed by atoms with Crippen molar-refractivity contribution in [2.24, 2.45) is 0 Å². The molecular weight excluding hydrogens is 341 g/mol. The molecular formula is C18H16FN3O2S. The van der Waals surface area contributed by atoms with Gasteiger partial charge in [-0.2, -0.15) is 9.78 Å². The lowest BCUT2D eigenvalue weighted by atomic mass is 10.2. The number of hydrogen-bond donors (Lipinski definition) is 1. The van der Waals surface area contributed by atoms with Gasteiger partial charge < -0.3 is 5.32 Å². The van der Waals surface area contributed by atoms with Crippen molar-refractivity contribution in [1.82, 2.24) is 15.1 Å². The number of amides is 1. The van der Waals surface area contributed by atoms with E-state index < -0.39 is 11.4 Å². The molecule has 1 amide bonds. The van der Waals surface area contributed by atoms with E-state index in [9.17, 15) is 14.0 Å². The van der Waals surface area contributed by atoms with Gasteiger partial charge in [-0.15, -0.1) is 11.3 Å². The van der Waals surface area contributed by atoms with Crippen LogP contribution in [0.5, 0.6) is 0 Å². The Labute approximate surface area is 147 Å². The summed E-state index contributed by atoms with van der Waals surface area (Å²) in [5.74, 6) is -0.774. The average Bonchev–Trinajstić information content (AvgIpc) is 3.15. The van der Waals surface area contributed by atoms with Gasteiger partial charge in [0.1, 0.15) is 11.5 Å². The van der Waals surface area contributed by atoms with E-state index in [1.54, 1.807) is 11.3 Å². The van der Waals surface area contributed by atoms with Crippen LogP contribution in [0, 0.1) is 5.82 Å². The molecule has 1 N–H and O–H groups in total. The van der Waals surface area contributed by atoms with Gasteiger partial charge in [-0.05, 0) is 48.2 Å². The number of halogens is 1. The largest absolute Gasteiger partial charge is 0.343 e. The molecule has 0 spiro atoms. The molecule has 0 saturated heterocycles. The number of carbonyl (C=O) groups is 1. The molecule has 1 atom stereocenters. The smallest absolute Gasteiger partial charge is 0.272 e. The number of rotatable bonds is 5. The first kappa shape index (κ1) is 17.0. The zero-order valence-electron chi connectivity index (χ0n) is 13.5. The van der Waals surface area contributed by atoms with Gasteiger partial charge >= 0.3 is 0 Å². The second kappa shape index (κ2) is 7.40. The topological polar surface area (TPSA) is 64.0 Å². The van der Waals surface area contributed by atoms with Crippen molar-refractivity contribution in [3.05, 3.63) is 80.7 Å². The van der Waals surface area contributed by atoms with Crippen LogP contribution in [0.1, 0.15) is 34.8 Å². The van der Waals surface area contributed by atoms with E-state index in [-0.39, 0.29) is 17.6 Å². The molecule has 0 aliphatic rings. The summed E-state index contributed by atoms with van der Waals surface area (Å²) in [4.78, 5) is 25.6. The molecule has 3 rings (SSSR count). The molecule has 25 heavy (non-hydrogen) atoms.